The van der Waals surface area contributed by atoms with Crippen molar-refractivity contribution in [2.24, 2.45) is 0 Å². The van der Waals surface area contributed by atoms with E-state index in [1.807, 2.05) is 19.1 Å². The minimum absolute atomic E-state index is 0.0223. The largest absolute Gasteiger partial charge is 0.468 e. The quantitative estimate of drug-likeness (QED) is 0.439. The number of aromatic nitrogens is 2. The smallest absolute Gasteiger partial charge is 0.261 e. The van der Waals surface area contributed by atoms with E-state index in [0.29, 0.717) is 12.6 Å². The Kier molecular flexibility index (Phi) is 8.18. The molecule has 34 heavy (non-hydrogen) atoms. The van der Waals surface area contributed by atoms with Gasteiger partial charge in [-0.1, -0.05) is 6.92 Å². The maximum Gasteiger partial charge on any atom is 0.261 e. The zero-order chi connectivity index (χ0) is 24.1. The standard InChI is InChI=1S/C25H36N6O2S/c1-5-18(2)31(16-20-8-6-15-33-20)10-7-9-26-24(32)22-19(3)21-23(27-17-28-25(21)34-22)30-13-11-29(4)12-14-30/h6,8,15,17-18H,5,7,9-14,16H2,1-4H3,(H,26,32). The molecule has 1 atom stereocenters. The number of aryl methyl sites for hydroxylation is 1. The van der Waals surface area contributed by atoms with Gasteiger partial charge in [0.1, 0.15) is 22.7 Å². The lowest BCUT2D eigenvalue weighted by molar-refractivity contribution is 0.0953. The number of carbonyl (C=O) groups excluding carboxylic acids is 1. The number of carbonyl (C=O) groups is 1. The van der Waals surface area contributed by atoms with Crippen LogP contribution in [0.25, 0.3) is 10.2 Å². The number of amides is 1. The third kappa shape index (κ3) is 5.59. The maximum absolute atomic E-state index is 13.1. The van der Waals surface area contributed by atoms with Gasteiger partial charge in [0.2, 0.25) is 0 Å². The molecule has 0 aliphatic carbocycles. The van der Waals surface area contributed by atoms with Gasteiger partial charge in [0.15, 0.2) is 0 Å². The third-order valence-corrected chi connectivity index (χ3v) is 7.98. The highest BCUT2D eigenvalue weighted by molar-refractivity contribution is 7.20. The molecular formula is C25H36N6O2S. The van der Waals surface area contributed by atoms with Gasteiger partial charge in [-0.25, -0.2) is 9.97 Å². The molecule has 184 valence electrons. The van der Waals surface area contributed by atoms with Gasteiger partial charge < -0.3 is 19.5 Å². The van der Waals surface area contributed by atoms with Crippen molar-refractivity contribution in [1.29, 1.82) is 0 Å². The Morgan fingerprint density at radius 1 is 1.29 bits per heavy atom. The van der Waals surface area contributed by atoms with Crippen LogP contribution in [0.3, 0.4) is 0 Å². The summed E-state index contributed by atoms with van der Waals surface area (Å²) in [6, 6.07) is 4.40. The average molecular weight is 485 g/mol. The Bertz CT molecular complexity index is 1070. The summed E-state index contributed by atoms with van der Waals surface area (Å²) >= 11 is 1.46. The van der Waals surface area contributed by atoms with E-state index in [4.69, 9.17) is 4.42 Å². The van der Waals surface area contributed by atoms with Gasteiger partial charge in [-0.2, -0.15) is 0 Å². The van der Waals surface area contributed by atoms with Crippen LogP contribution in [0.15, 0.2) is 29.1 Å². The van der Waals surface area contributed by atoms with Gasteiger partial charge in [0.05, 0.1) is 23.1 Å². The molecule has 0 radical (unpaired) electrons. The summed E-state index contributed by atoms with van der Waals surface area (Å²) < 4.78 is 5.53. The normalized spacial score (nSPS) is 15.9. The highest BCUT2D eigenvalue weighted by Gasteiger charge is 2.23. The molecule has 1 N–H and O–H groups in total. The zero-order valence-electron chi connectivity index (χ0n) is 20.7. The molecule has 4 heterocycles. The van der Waals surface area contributed by atoms with Gasteiger partial charge in [0.25, 0.3) is 5.91 Å². The SMILES string of the molecule is CCC(C)N(CCCNC(=O)c1sc2ncnc(N3CCN(C)CC3)c2c1C)Cc1ccco1. The highest BCUT2D eigenvalue weighted by atomic mass is 32.1. The van der Waals surface area contributed by atoms with Crippen LogP contribution in [0.1, 0.15) is 47.7 Å². The van der Waals surface area contributed by atoms with E-state index in [-0.39, 0.29) is 5.91 Å². The summed E-state index contributed by atoms with van der Waals surface area (Å²) in [6.07, 6.45) is 5.30. The molecular weight excluding hydrogens is 448 g/mol. The number of rotatable bonds is 10. The number of fused-ring (bicyclic) bond motifs is 1. The van der Waals surface area contributed by atoms with Gasteiger partial charge in [-0.05, 0) is 51.4 Å². The van der Waals surface area contributed by atoms with Crippen molar-refractivity contribution in [2.75, 3.05) is 51.2 Å². The summed E-state index contributed by atoms with van der Waals surface area (Å²) in [7, 11) is 2.14. The first-order valence-electron chi connectivity index (χ1n) is 12.2. The van der Waals surface area contributed by atoms with E-state index in [0.717, 1.165) is 84.3 Å². The molecule has 4 rings (SSSR count). The number of likely N-dealkylation sites (N-methyl/N-ethyl adjacent to an activating group) is 1. The Balaban J connectivity index is 1.38. The van der Waals surface area contributed by atoms with Crippen LogP contribution in [0, 0.1) is 6.92 Å². The molecule has 0 bridgehead atoms. The van der Waals surface area contributed by atoms with Crippen LogP contribution in [-0.2, 0) is 6.54 Å². The number of anilines is 1. The topological polar surface area (TPSA) is 77.7 Å². The number of furan rings is 1. The predicted molar refractivity (Wildman–Crippen MR) is 138 cm³/mol. The van der Waals surface area contributed by atoms with Crippen molar-refractivity contribution in [3.8, 4) is 0 Å². The molecule has 0 spiro atoms. The van der Waals surface area contributed by atoms with Crippen molar-refractivity contribution in [3.63, 3.8) is 0 Å². The van der Waals surface area contributed by atoms with Crippen molar-refractivity contribution >= 4 is 33.3 Å². The number of hydrogen-bond acceptors (Lipinski definition) is 8. The summed E-state index contributed by atoms with van der Waals surface area (Å²) in [4.78, 5) is 30.8. The van der Waals surface area contributed by atoms with Crippen molar-refractivity contribution in [1.82, 2.24) is 25.1 Å². The first-order valence-corrected chi connectivity index (χ1v) is 13.0. The van der Waals surface area contributed by atoms with Crippen LogP contribution in [-0.4, -0.2) is 78.0 Å². The van der Waals surface area contributed by atoms with Crippen LogP contribution in [0.5, 0.6) is 0 Å². The van der Waals surface area contributed by atoms with Crippen LogP contribution >= 0.6 is 11.3 Å². The lowest BCUT2D eigenvalue weighted by Gasteiger charge is -2.33. The predicted octanol–water partition coefficient (Wildman–Crippen LogP) is 3.77. The van der Waals surface area contributed by atoms with Crippen LogP contribution in [0.2, 0.25) is 0 Å². The molecule has 1 saturated heterocycles. The van der Waals surface area contributed by atoms with Gasteiger partial charge in [-0.3, -0.25) is 9.69 Å². The zero-order valence-corrected chi connectivity index (χ0v) is 21.5. The number of nitrogens with one attached hydrogen (secondary N) is 1. The number of nitrogens with zero attached hydrogens (tertiary/aromatic N) is 5. The minimum Gasteiger partial charge on any atom is -0.468 e. The lowest BCUT2D eigenvalue weighted by atomic mass is 10.1. The first kappa shape index (κ1) is 24.6. The summed E-state index contributed by atoms with van der Waals surface area (Å²) in [5.74, 6) is 1.90. The van der Waals surface area contributed by atoms with Crippen LogP contribution < -0.4 is 10.2 Å². The number of thiophene rings is 1. The van der Waals surface area contributed by atoms with E-state index in [1.54, 1.807) is 12.6 Å². The Morgan fingerprint density at radius 3 is 2.79 bits per heavy atom. The Hall–Kier alpha value is -2.49. The molecule has 1 unspecified atom stereocenters. The minimum atomic E-state index is -0.0223. The molecule has 9 heteroatoms. The Morgan fingerprint density at radius 2 is 2.09 bits per heavy atom. The molecule has 1 fully saturated rings. The highest BCUT2D eigenvalue weighted by Crippen LogP contribution is 2.35. The number of piperazine rings is 1. The van der Waals surface area contributed by atoms with E-state index in [2.05, 4.69) is 50.9 Å². The van der Waals surface area contributed by atoms with Gasteiger partial charge in [-0.15, -0.1) is 11.3 Å². The summed E-state index contributed by atoms with van der Waals surface area (Å²) in [5.41, 5.74) is 0.978. The first-order chi connectivity index (χ1) is 16.5. The second kappa shape index (κ2) is 11.3. The lowest BCUT2D eigenvalue weighted by Crippen LogP contribution is -2.44. The fourth-order valence-corrected chi connectivity index (χ4v) is 5.47. The monoisotopic (exact) mass is 484 g/mol. The maximum atomic E-state index is 13.1. The molecule has 1 aliphatic rings. The molecule has 0 saturated carbocycles. The molecule has 1 aliphatic heterocycles. The summed E-state index contributed by atoms with van der Waals surface area (Å²) in [5, 5.41) is 4.15. The number of hydrogen-bond donors (Lipinski definition) is 1. The molecule has 3 aromatic heterocycles. The van der Waals surface area contributed by atoms with Gasteiger partial charge >= 0.3 is 0 Å². The molecule has 3 aromatic rings. The van der Waals surface area contributed by atoms with E-state index < -0.39 is 0 Å². The van der Waals surface area contributed by atoms with E-state index in [9.17, 15) is 4.79 Å². The fourth-order valence-electron chi connectivity index (χ4n) is 4.41. The molecule has 8 nitrogen and oxygen atoms in total. The second-order valence-electron chi connectivity index (χ2n) is 9.14. The molecule has 0 aromatic carbocycles. The summed E-state index contributed by atoms with van der Waals surface area (Å²) in [6.45, 7) is 12.7. The van der Waals surface area contributed by atoms with Crippen molar-refractivity contribution in [3.05, 3.63) is 40.9 Å². The third-order valence-electron chi connectivity index (χ3n) is 6.78. The van der Waals surface area contributed by atoms with Crippen LogP contribution in [0.4, 0.5) is 5.82 Å². The van der Waals surface area contributed by atoms with Gasteiger partial charge in [0, 0.05) is 45.3 Å². The van der Waals surface area contributed by atoms with Crippen molar-refractivity contribution < 1.29 is 9.21 Å². The Labute approximate surface area is 206 Å². The second-order valence-corrected chi connectivity index (χ2v) is 10.1. The van der Waals surface area contributed by atoms with E-state index in [1.165, 1.54) is 11.3 Å². The van der Waals surface area contributed by atoms with E-state index >= 15 is 0 Å². The molecule has 1 amide bonds. The van der Waals surface area contributed by atoms with Crippen molar-refractivity contribution in [2.45, 2.75) is 46.2 Å². The average Bonchev–Trinajstić information content (AvgIpc) is 3.48. The fraction of sp³-hybridized carbons (Fsp3) is 0.560.